The normalized spacial score (nSPS) is 10.2. The number of carbonyl (C=O) groups is 1. The molecule has 0 spiro atoms. The monoisotopic (exact) mass is 222 g/mol. The van der Waals surface area contributed by atoms with E-state index in [1.54, 1.807) is 0 Å². The van der Waals surface area contributed by atoms with Crippen molar-refractivity contribution in [3.63, 3.8) is 0 Å². The van der Waals surface area contributed by atoms with Gasteiger partial charge in [-0.05, 0) is 17.9 Å². The molecule has 3 heteroatoms. The molecule has 0 unspecified atom stereocenters. The molecule has 0 aliphatic heterocycles. The Morgan fingerprint density at radius 3 is 2.50 bits per heavy atom. The summed E-state index contributed by atoms with van der Waals surface area (Å²) in [5.41, 5.74) is 0.961. The smallest absolute Gasteiger partial charge is 0.434 e. The van der Waals surface area contributed by atoms with Gasteiger partial charge in [-0.15, -0.1) is 0 Å². The Labute approximate surface area is 96.4 Å². The molecule has 1 aromatic carbocycles. The lowest BCUT2D eigenvalue weighted by Crippen LogP contribution is -2.09. The van der Waals surface area contributed by atoms with E-state index in [-0.39, 0.29) is 6.61 Å². The van der Waals surface area contributed by atoms with Crippen molar-refractivity contribution in [1.29, 1.82) is 0 Å². The minimum atomic E-state index is -0.593. The predicted molar refractivity (Wildman–Crippen MR) is 62.0 cm³/mol. The molecule has 0 saturated heterocycles. The van der Waals surface area contributed by atoms with Crippen molar-refractivity contribution in [3.8, 4) is 0 Å². The van der Waals surface area contributed by atoms with Crippen LogP contribution in [0.25, 0.3) is 0 Å². The average Bonchev–Trinajstić information content (AvgIpc) is 2.27. The predicted octanol–water partition coefficient (Wildman–Crippen LogP) is 3.39. The highest BCUT2D eigenvalue weighted by atomic mass is 16.7. The van der Waals surface area contributed by atoms with E-state index in [4.69, 9.17) is 9.47 Å². The summed E-state index contributed by atoms with van der Waals surface area (Å²) in [5, 5.41) is 0. The molecule has 3 nitrogen and oxygen atoms in total. The van der Waals surface area contributed by atoms with Crippen molar-refractivity contribution in [2.75, 3.05) is 6.61 Å². The van der Waals surface area contributed by atoms with Gasteiger partial charge < -0.3 is 9.47 Å². The lowest BCUT2D eigenvalue weighted by Gasteiger charge is -2.07. The molecule has 16 heavy (non-hydrogen) atoms. The van der Waals surface area contributed by atoms with Crippen LogP contribution in [0.2, 0.25) is 0 Å². The van der Waals surface area contributed by atoms with Crippen LogP contribution in [0, 0.1) is 5.92 Å². The molecule has 0 aliphatic rings. The third-order valence-electron chi connectivity index (χ3n) is 2.11. The Morgan fingerprint density at radius 2 is 1.88 bits per heavy atom. The molecular weight excluding hydrogens is 204 g/mol. The molecule has 88 valence electrons. The minimum absolute atomic E-state index is 0.265. The zero-order valence-electron chi connectivity index (χ0n) is 9.81. The van der Waals surface area contributed by atoms with Crippen LogP contribution < -0.4 is 0 Å². The number of benzene rings is 1. The topological polar surface area (TPSA) is 35.5 Å². The Morgan fingerprint density at radius 1 is 1.19 bits per heavy atom. The fraction of sp³-hybridized carbons (Fsp3) is 0.462. The lowest BCUT2D eigenvalue weighted by atomic mass is 10.1. The highest BCUT2D eigenvalue weighted by Gasteiger charge is 2.04. The second-order valence-corrected chi connectivity index (χ2v) is 4.06. The second-order valence-electron chi connectivity index (χ2n) is 4.06. The van der Waals surface area contributed by atoms with Gasteiger partial charge in [0.15, 0.2) is 0 Å². The Balaban J connectivity index is 2.16. The number of carbonyl (C=O) groups excluding carboxylic acids is 1. The molecule has 0 aliphatic carbocycles. The van der Waals surface area contributed by atoms with Crippen molar-refractivity contribution in [1.82, 2.24) is 0 Å². The van der Waals surface area contributed by atoms with Gasteiger partial charge in [0, 0.05) is 0 Å². The standard InChI is InChI=1S/C13H18O3/c1-11(2)8-9-15-13(14)16-10-12-6-4-3-5-7-12/h3-7,11H,8-10H2,1-2H3. The molecule has 1 aromatic rings. The molecule has 0 atom stereocenters. The van der Waals surface area contributed by atoms with Crippen LogP contribution in [0.4, 0.5) is 4.79 Å². The van der Waals surface area contributed by atoms with Gasteiger partial charge >= 0.3 is 6.16 Å². The molecule has 1 rings (SSSR count). The maximum Gasteiger partial charge on any atom is 0.508 e. The zero-order valence-corrected chi connectivity index (χ0v) is 9.81. The van der Waals surface area contributed by atoms with E-state index in [0.717, 1.165) is 12.0 Å². The zero-order chi connectivity index (χ0) is 11.8. The lowest BCUT2D eigenvalue weighted by molar-refractivity contribution is 0.0471. The molecule has 0 aromatic heterocycles. The van der Waals surface area contributed by atoms with Crippen LogP contribution in [0.3, 0.4) is 0 Å². The van der Waals surface area contributed by atoms with E-state index < -0.39 is 6.16 Å². The first-order valence-corrected chi connectivity index (χ1v) is 5.52. The molecule has 0 radical (unpaired) electrons. The fourth-order valence-corrected chi connectivity index (χ4v) is 1.14. The van der Waals surface area contributed by atoms with Crippen LogP contribution in [-0.2, 0) is 16.1 Å². The number of ether oxygens (including phenoxy) is 2. The van der Waals surface area contributed by atoms with Gasteiger partial charge in [-0.1, -0.05) is 44.2 Å². The summed E-state index contributed by atoms with van der Waals surface area (Å²) in [7, 11) is 0. The van der Waals surface area contributed by atoms with E-state index in [9.17, 15) is 4.79 Å². The largest absolute Gasteiger partial charge is 0.508 e. The fourth-order valence-electron chi connectivity index (χ4n) is 1.14. The summed E-state index contributed by atoms with van der Waals surface area (Å²) in [6.07, 6.45) is 0.268. The summed E-state index contributed by atoms with van der Waals surface area (Å²) in [5.74, 6) is 0.530. The molecule has 0 saturated carbocycles. The molecule has 0 amide bonds. The number of hydrogen-bond donors (Lipinski definition) is 0. The Bertz CT molecular complexity index is 306. The maximum absolute atomic E-state index is 11.2. The van der Waals surface area contributed by atoms with Crippen molar-refractivity contribution in [3.05, 3.63) is 35.9 Å². The first-order valence-electron chi connectivity index (χ1n) is 5.52. The third-order valence-corrected chi connectivity index (χ3v) is 2.11. The molecular formula is C13H18O3. The van der Waals surface area contributed by atoms with Gasteiger partial charge in [0.25, 0.3) is 0 Å². The quantitative estimate of drug-likeness (QED) is 0.716. The van der Waals surface area contributed by atoms with Gasteiger partial charge in [0.2, 0.25) is 0 Å². The highest BCUT2D eigenvalue weighted by Crippen LogP contribution is 2.03. The van der Waals surface area contributed by atoms with Crippen LogP contribution in [-0.4, -0.2) is 12.8 Å². The van der Waals surface area contributed by atoms with Crippen molar-refractivity contribution in [2.45, 2.75) is 26.9 Å². The summed E-state index contributed by atoms with van der Waals surface area (Å²) in [6, 6.07) is 9.54. The molecule has 0 fully saturated rings. The van der Waals surface area contributed by atoms with Crippen LogP contribution in [0.1, 0.15) is 25.8 Å². The summed E-state index contributed by atoms with van der Waals surface area (Å²) in [4.78, 5) is 11.2. The van der Waals surface area contributed by atoms with E-state index in [1.165, 1.54) is 0 Å². The minimum Gasteiger partial charge on any atom is -0.434 e. The Hall–Kier alpha value is -1.51. The van der Waals surface area contributed by atoms with Crippen LogP contribution in [0.15, 0.2) is 30.3 Å². The molecule has 0 N–H and O–H groups in total. The van der Waals surface area contributed by atoms with Gasteiger partial charge in [-0.2, -0.15) is 0 Å². The average molecular weight is 222 g/mol. The van der Waals surface area contributed by atoms with Crippen LogP contribution in [0.5, 0.6) is 0 Å². The van der Waals surface area contributed by atoms with Crippen molar-refractivity contribution >= 4 is 6.16 Å². The van der Waals surface area contributed by atoms with Crippen molar-refractivity contribution in [2.24, 2.45) is 5.92 Å². The Kier molecular flexibility index (Phi) is 5.40. The highest BCUT2D eigenvalue weighted by molar-refractivity contribution is 5.59. The molecule has 0 bridgehead atoms. The van der Waals surface area contributed by atoms with E-state index in [0.29, 0.717) is 12.5 Å². The van der Waals surface area contributed by atoms with E-state index in [1.807, 2.05) is 30.3 Å². The van der Waals surface area contributed by atoms with E-state index in [2.05, 4.69) is 13.8 Å². The summed E-state index contributed by atoms with van der Waals surface area (Å²) in [6.45, 7) is 4.85. The maximum atomic E-state index is 11.2. The van der Waals surface area contributed by atoms with Gasteiger partial charge in [0.05, 0.1) is 6.61 Å². The van der Waals surface area contributed by atoms with Gasteiger partial charge in [0.1, 0.15) is 6.61 Å². The SMILES string of the molecule is CC(C)CCOC(=O)OCc1ccccc1. The van der Waals surface area contributed by atoms with Gasteiger partial charge in [-0.25, -0.2) is 4.79 Å². The van der Waals surface area contributed by atoms with Crippen molar-refractivity contribution < 1.29 is 14.3 Å². The summed E-state index contributed by atoms with van der Waals surface area (Å²) < 4.78 is 9.86. The third kappa shape index (κ3) is 5.39. The van der Waals surface area contributed by atoms with Crippen LogP contribution >= 0.6 is 0 Å². The first-order chi connectivity index (χ1) is 7.68. The van der Waals surface area contributed by atoms with E-state index >= 15 is 0 Å². The first kappa shape index (κ1) is 12.6. The summed E-state index contributed by atoms with van der Waals surface area (Å²) >= 11 is 0. The number of rotatable bonds is 5. The second kappa shape index (κ2) is 6.88. The molecule has 0 heterocycles. The van der Waals surface area contributed by atoms with Gasteiger partial charge in [-0.3, -0.25) is 0 Å². The number of hydrogen-bond acceptors (Lipinski definition) is 3.